The predicted molar refractivity (Wildman–Crippen MR) is 73.9 cm³/mol. The minimum Gasteiger partial charge on any atom is -0.350 e. The van der Waals surface area contributed by atoms with Gasteiger partial charge in [-0.25, -0.2) is 10.8 Å². The maximum atomic E-state index is 11.1. The molecule has 0 bridgehead atoms. The highest BCUT2D eigenvalue weighted by molar-refractivity contribution is 5.61. The largest absolute Gasteiger partial charge is 0.350 e. The number of nitrogen functional groups attached to an aromatic ring is 1. The summed E-state index contributed by atoms with van der Waals surface area (Å²) in [6.45, 7) is 5.87. The molecule has 3 N–H and O–H groups in total. The van der Waals surface area contributed by atoms with Crippen molar-refractivity contribution in [3.8, 4) is 0 Å². The monoisotopic (exact) mass is 265 g/mol. The topological polar surface area (TPSA) is 97.3 Å². The minimum absolute atomic E-state index is 0.0281. The molecule has 104 valence electrons. The Bertz CT molecular complexity index is 469. The second-order valence-corrected chi connectivity index (χ2v) is 5.29. The number of nitrogens with one attached hydrogen (secondary N) is 1. The van der Waals surface area contributed by atoms with E-state index in [0.717, 1.165) is 19.5 Å². The van der Waals surface area contributed by atoms with Crippen LogP contribution < -0.4 is 16.2 Å². The molecular formula is C12H19N5O2. The average molecular weight is 265 g/mol. The summed E-state index contributed by atoms with van der Waals surface area (Å²) in [6.07, 6.45) is 1.14. The molecule has 2 atom stereocenters. The third-order valence-corrected chi connectivity index (χ3v) is 3.37. The van der Waals surface area contributed by atoms with Crippen LogP contribution in [0.4, 0.5) is 17.3 Å². The highest BCUT2D eigenvalue weighted by atomic mass is 16.6. The number of anilines is 2. The van der Waals surface area contributed by atoms with Gasteiger partial charge < -0.3 is 10.3 Å². The molecular weight excluding hydrogens is 246 g/mol. The van der Waals surface area contributed by atoms with E-state index < -0.39 is 4.92 Å². The molecule has 0 saturated carbocycles. The van der Waals surface area contributed by atoms with Crippen molar-refractivity contribution in [2.75, 3.05) is 23.4 Å². The van der Waals surface area contributed by atoms with Crippen molar-refractivity contribution in [2.45, 2.75) is 20.3 Å². The number of hydrogen-bond acceptors (Lipinski definition) is 6. The molecule has 0 spiro atoms. The van der Waals surface area contributed by atoms with Gasteiger partial charge >= 0.3 is 5.69 Å². The van der Waals surface area contributed by atoms with E-state index in [1.165, 1.54) is 12.1 Å². The predicted octanol–water partition coefficient (Wildman–Crippen LogP) is 1.76. The van der Waals surface area contributed by atoms with Crippen LogP contribution in [0.15, 0.2) is 12.1 Å². The van der Waals surface area contributed by atoms with Crippen LogP contribution in [0.25, 0.3) is 0 Å². The molecule has 19 heavy (non-hydrogen) atoms. The van der Waals surface area contributed by atoms with Gasteiger partial charge in [0.2, 0.25) is 5.82 Å². The summed E-state index contributed by atoms with van der Waals surface area (Å²) in [7, 11) is 0. The Morgan fingerprint density at radius 2 is 2.05 bits per heavy atom. The summed E-state index contributed by atoms with van der Waals surface area (Å²) >= 11 is 0. The van der Waals surface area contributed by atoms with Crippen LogP contribution in [0.5, 0.6) is 0 Å². The fourth-order valence-electron chi connectivity index (χ4n) is 2.73. The minimum atomic E-state index is -0.396. The fourth-order valence-corrected chi connectivity index (χ4v) is 2.73. The molecule has 7 nitrogen and oxygen atoms in total. The van der Waals surface area contributed by atoms with E-state index >= 15 is 0 Å². The molecule has 2 heterocycles. The number of piperidine rings is 1. The summed E-state index contributed by atoms with van der Waals surface area (Å²) in [5, 5.41) is 11.1. The Morgan fingerprint density at radius 3 is 2.58 bits per heavy atom. The highest BCUT2D eigenvalue weighted by Crippen LogP contribution is 2.32. The number of pyridine rings is 1. The van der Waals surface area contributed by atoms with Crippen LogP contribution in [-0.2, 0) is 0 Å². The smallest absolute Gasteiger partial charge is 0.311 e. The van der Waals surface area contributed by atoms with Crippen molar-refractivity contribution in [1.29, 1.82) is 0 Å². The van der Waals surface area contributed by atoms with Crippen LogP contribution in [0.3, 0.4) is 0 Å². The number of hydrazine groups is 1. The summed E-state index contributed by atoms with van der Waals surface area (Å²) in [6, 6.07) is 2.96. The number of nitro groups is 1. The Labute approximate surface area is 111 Å². The van der Waals surface area contributed by atoms with Gasteiger partial charge in [-0.05, 0) is 24.3 Å². The molecule has 0 amide bonds. The molecule has 0 aliphatic carbocycles. The summed E-state index contributed by atoms with van der Waals surface area (Å²) in [4.78, 5) is 17.0. The Morgan fingerprint density at radius 1 is 1.42 bits per heavy atom. The summed E-state index contributed by atoms with van der Waals surface area (Å²) in [5.74, 6) is 7.17. The number of nitrogens with two attached hydrogens (primary N) is 1. The zero-order valence-corrected chi connectivity index (χ0v) is 11.2. The van der Waals surface area contributed by atoms with Crippen LogP contribution in [0, 0.1) is 22.0 Å². The molecule has 1 aliphatic heterocycles. The van der Waals surface area contributed by atoms with Gasteiger partial charge in [0.05, 0.1) is 4.92 Å². The molecule has 7 heteroatoms. The molecule has 2 rings (SSSR count). The van der Waals surface area contributed by atoms with Gasteiger partial charge in [0, 0.05) is 19.2 Å². The van der Waals surface area contributed by atoms with Crippen molar-refractivity contribution in [1.82, 2.24) is 4.98 Å². The van der Waals surface area contributed by atoms with E-state index in [1.54, 1.807) is 0 Å². The lowest BCUT2D eigenvalue weighted by Gasteiger charge is -2.35. The highest BCUT2D eigenvalue weighted by Gasteiger charge is 2.28. The van der Waals surface area contributed by atoms with E-state index in [9.17, 15) is 10.1 Å². The van der Waals surface area contributed by atoms with Crippen LogP contribution in [0.2, 0.25) is 0 Å². The van der Waals surface area contributed by atoms with Gasteiger partial charge in [0.15, 0.2) is 0 Å². The lowest BCUT2D eigenvalue weighted by molar-refractivity contribution is -0.384. The first kappa shape index (κ1) is 13.5. The van der Waals surface area contributed by atoms with Gasteiger partial charge in [-0.1, -0.05) is 13.8 Å². The summed E-state index contributed by atoms with van der Waals surface area (Å²) < 4.78 is 0. The van der Waals surface area contributed by atoms with E-state index in [0.29, 0.717) is 23.5 Å². The van der Waals surface area contributed by atoms with E-state index in [-0.39, 0.29) is 5.69 Å². The number of aromatic nitrogens is 1. The van der Waals surface area contributed by atoms with Crippen molar-refractivity contribution >= 4 is 17.3 Å². The Hall–Kier alpha value is -1.89. The zero-order chi connectivity index (χ0) is 14.0. The van der Waals surface area contributed by atoms with Gasteiger partial charge in [-0.15, -0.1) is 0 Å². The standard InChI is InChI=1S/C12H19N5O2/c1-8-5-9(2)7-16(6-8)12-10(17(18)19)3-4-11(14-12)15-13/h3-4,8-9H,5-7,13H2,1-2H3,(H,14,15). The maximum Gasteiger partial charge on any atom is 0.311 e. The van der Waals surface area contributed by atoms with E-state index in [2.05, 4.69) is 24.3 Å². The second kappa shape index (κ2) is 5.40. The van der Waals surface area contributed by atoms with Gasteiger partial charge in [-0.2, -0.15) is 0 Å². The van der Waals surface area contributed by atoms with Crippen LogP contribution in [-0.4, -0.2) is 23.0 Å². The quantitative estimate of drug-likeness (QED) is 0.491. The number of hydrogen-bond donors (Lipinski definition) is 2. The van der Waals surface area contributed by atoms with E-state index in [4.69, 9.17) is 5.84 Å². The number of nitrogens with zero attached hydrogens (tertiary/aromatic N) is 3. The lowest BCUT2D eigenvalue weighted by atomic mass is 9.92. The van der Waals surface area contributed by atoms with Crippen molar-refractivity contribution in [2.24, 2.45) is 17.7 Å². The zero-order valence-electron chi connectivity index (χ0n) is 11.2. The molecule has 2 unspecified atom stereocenters. The number of rotatable bonds is 3. The normalized spacial score (nSPS) is 23.2. The molecule has 1 aromatic heterocycles. The average Bonchev–Trinajstić information content (AvgIpc) is 2.36. The summed E-state index contributed by atoms with van der Waals surface area (Å²) in [5.41, 5.74) is 2.46. The first-order chi connectivity index (χ1) is 9.01. The third-order valence-electron chi connectivity index (χ3n) is 3.37. The maximum absolute atomic E-state index is 11.1. The third kappa shape index (κ3) is 2.93. The van der Waals surface area contributed by atoms with E-state index in [1.807, 2.05) is 4.90 Å². The van der Waals surface area contributed by atoms with Crippen molar-refractivity contribution in [3.05, 3.63) is 22.2 Å². The van der Waals surface area contributed by atoms with Gasteiger partial charge in [0.25, 0.3) is 0 Å². The molecule has 1 aliphatic rings. The Balaban J connectivity index is 2.38. The fraction of sp³-hybridized carbons (Fsp3) is 0.583. The first-order valence-electron chi connectivity index (χ1n) is 6.38. The molecule has 1 fully saturated rings. The molecule has 0 aromatic carbocycles. The molecule has 0 radical (unpaired) electrons. The van der Waals surface area contributed by atoms with Gasteiger partial charge in [-0.3, -0.25) is 10.1 Å². The Kier molecular flexibility index (Phi) is 3.84. The van der Waals surface area contributed by atoms with Crippen LogP contribution >= 0.6 is 0 Å². The molecule has 1 aromatic rings. The van der Waals surface area contributed by atoms with Crippen molar-refractivity contribution in [3.63, 3.8) is 0 Å². The SMILES string of the molecule is CC1CC(C)CN(c2nc(NN)ccc2[N+](=O)[O-])C1. The van der Waals surface area contributed by atoms with Gasteiger partial charge in [0.1, 0.15) is 5.82 Å². The lowest BCUT2D eigenvalue weighted by Crippen LogP contribution is -2.39. The van der Waals surface area contributed by atoms with Crippen molar-refractivity contribution < 1.29 is 4.92 Å². The molecule has 1 saturated heterocycles. The van der Waals surface area contributed by atoms with Crippen LogP contribution in [0.1, 0.15) is 20.3 Å². The second-order valence-electron chi connectivity index (χ2n) is 5.29. The first-order valence-corrected chi connectivity index (χ1v) is 6.38.